The molecular formula is C19H21ClN4O3. The maximum Gasteiger partial charge on any atom is 0.410 e. The summed E-state index contributed by atoms with van der Waals surface area (Å²) < 4.78 is 5.34. The summed E-state index contributed by atoms with van der Waals surface area (Å²) in [6.07, 6.45) is 3.89. The highest BCUT2D eigenvalue weighted by Gasteiger charge is 2.28. The number of rotatable bonds is 5. The Morgan fingerprint density at radius 3 is 2.56 bits per heavy atom. The maximum absolute atomic E-state index is 12.3. The van der Waals surface area contributed by atoms with Gasteiger partial charge in [-0.3, -0.25) is 9.78 Å². The first kappa shape index (κ1) is 19.1. The first-order chi connectivity index (χ1) is 13.1. The maximum atomic E-state index is 12.3. The fourth-order valence-corrected chi connectivity index (χ4v) is 3.09. The van der Waals surface area contributed by atoms with Crippen molar-refractivity contribution in [2.24, 2.45) is 5.92 Å². The summed E-state index contributed by atoms with van der Waals surface area (Å²) in [7, 11) is 0. The molecule has 1 aliphatic rings. The lowest BCUT2D eigenvalue weighted by Gasteiger charge is -2.30. The third kappa shape index (κ3) is 5.40. The smallest absolute Gasteiger partial charge is 0.410 e. The number of nitrogens with one attached hydrogen (secondary N) is 1. The highest BCUT2D eigenvalue weighted by Crippen LogP contribution is 2.19. The predicted octanol–water partition coefficient (Wildman–Crippen LogP) is 2.80. The molecular weight excluding hydrogens is 368 g/mol. The summed E-state index contributed by atoms with van der Waals surface area (Å²) in [5.74, 6) is -0.201. The molecule has 0 aliphatic carbocycles. The highest BCUT2D eigenvalue weighted by molar-refractivity contribution is 6.29. The van der Waals surface area contributed by atoms with Crippen LogP contribution in [0.25, 0.3) is 0 Å². The van der Waals surface area contributed by atoms with E-state index < -0.39 is 0 Å². The molecule has 2 amide bonds. The van der Waals surface area contributed by atoms with Crippen LogP contribution in [0.5, 0.6) is 0 Å². The molecule has 7 nitrogen and oxygen atoms in total. The van der Waals surface area contributed by atoms with E-state index in [1.807, 2.05) is 30.3 Å². The van der Waals surface area contributed by atoms with Crippen LogP contribution >= 0.6 is 11.6 Å². The van der Waals surface area contributed by atoms with Gasteiger partial charge >= 0.3 is 6.09 Å². The summed E-state index contributed by atoms with van der Waals surface area (Å²) in [5.41, 5.74) is 1.48. The number of hydrogen-bond donors (Lipinski definition) is 1. The number of ether oxygens (including phenoxy) is 1. The van der Waals surface area contributed by atoms with E-state index in [9.17, 15) is 9.59 Å². The van der Waals surface area contributed by atoms with Crippen molar-refractivity contribution < 1.29 is 14.3 Å². The second-order valence-electron chi connectivity index (χ2n) is 6.31. The van der Waals surface area contributed by atoms with Gasteiger partial charge in [-0.25, -0.2) is 9.78 Å². The second-order valence-corrected chi connectivity index (χ2v) is 6.67. The molecule has 2 aromatic rings. The zero-order valence-corrected chi connectivity index (χ0v) is 15.6. The highest BCUT2D eigenvalue weighted by atomic mass is 35.5. The van der Waals surface area contributed by atoms with Gasteiger partial charge in [0.1, 0.15) is 6.61 Å². The minimum atomic E-state index is -0.343. The lowest BCUT2D eigenvalue weighted by molar-refractivity contribution is -0.126. The largest absolute Gasteiger partial charge is 0.445 e. The van der Waals surface area contributed by atoms with Crippen LogP contribution in [0.4, 0.5) is 4.79 Å². The van der Waals surface area contributed by atoms with E-state index in [0.29, 0.717) is 31.6 Å². The van der Waals surface area contributed by atoms with Crippen molar-refractivity contribution in [2.45, 2.75) is 26.0 Å². The molecule has 1 aliphatic heterocycles. The Morgan fingerprint density at radius 2 is 1.85 bits per heavy atom. The molecule has 142 valence electrons. The van der Waals surface area contributed by atoms with Gasteiger partial charge in [0.15, 0.2) is 5.15 Å². The van der Waals surface area contributed by atoms with Crippen molar-refractivity contribution in [3.63, 3.8) is 0 Å². The number of nitrogens with zero attached hydrogens (tertiary/aromatic N) is 3. The number of piperidine rings is 1. The van der Waals surface area contributed by atoms with E-state index >= 15 is 0 Å². The molecule has 0 spiro atoms. The summed E-state index contributed by atoms with van der Waals surface area (Å²) in [5, 5.41) is 3.13. The van der Waals surface area contributed by atoms with Crippen LogP contribution in [0.15, 0.2) is 42.7 Å². The third-order valence-electron chi connectivity index (χ3n) is 4.48. The zero-order chi connectivity index (χ0) is 19.1. The van der Waals surface area contributed by atoms with Gasteiger partial charge in [-0.1, -0.05) is 41.9 Å². The quantitative estimate of drug-likeness (QED) is 0.851. The molecule has 1 aromatic heterocycles. The average Bonchev–Trinajstić information content (AvgIpc) is 2.72. The summed E-state index contributed by atoms with van der Waals surface area (Å²) in [6.45, 7) is 1.49. The Bertz CT molecular complexity index is 780. The van der Waals surface area contributed by atoms with Crippen molar-refractivity contribution in [2.75, 3.05) is 13.1 Å². The SMILES string of the molecule is O=C(NCc1nccnc1Cl)C1CCN(C(=O)OCc2ccccc2)CC1. The van der Waals surface area contributed by atoms with E-state index in [-0.39, 0.29) is 36.2 Å². The van der Waals surface area contributed by atoms with Gasteiger partial charge in [0.05, 0.1) is 12.2 Å². The summed E-state index contributed by atoms with van der Waals surface area (Å²) >= 11 is 5.94. The number of amides is 2. The molecule has 2 heterocycles. The van der Waals surface area contributed by atoms with E-state index in [2.05, 4.69) is 15.3 Å². The lowest BCUT2D eigenvalue weighted by Crippen LogP contribution is -2.43. The van der Waals surface area contributed by atoms with E-state index in [0.717, 1.165) is 5.56 Å². The number of hydrogen-bond acceptors (Lipinski definition) is 5. The van der Waals surface area contributed by atoms with Gasteiger partial charge in [-0.15, -0.1) is 0 Å². The number of benzene rings is 1. The molecule has 8 heteroatoms. The van der Waals surface area contributed by atoms with Crippen molar-refractivity contribution in [3.8, 4) is 0 Å². The van der Waals surface area contributed by atoms with Crippen molar-refractivity contribution in [3.05, 3.63) is 59.1 Å². The first-order valence-corrected chi connectivity index (χ1v) is 9.20. The molecule has 27 heavy (non-hydrogen) atoms. The van der Waals surface area contributed by atoms with E-state index in [1.54, 1.807) is 4.90 Å². The zero-order valence-electron chi connectivity index (χ0n) is 14.8. The molecule has 0 bridgehead atoms. The van der Waals surface area contributed by atoms with Gasteiger partial charge in [0.2, 0.25) is 5.91 Å². The average molecular weight is 389 g/mol. The Kier molecular flexibility index (Phi) is 6.59. The minimum Gasteiger partial charge on any atom is -0.445 e. The first-order valence-electron chi connectivity index (χ1n) is 8.82. The molecule has 1 aromatic carbocycles. The lowest BCUT2D eigenvalue weighted by atomic mass is 9.96. The molecule has 3 rings (SSSR count). The van der Waals surface area contributed by atoms with Crippen LogP contribution in [0.2, 0.25) is 5.15 Å². The van der Waals surface area contributed by atoms with Gasteiger partial charge in [0.25, 0.3) is 0 Å². The van der Waals surface area contributed by atoms with Crippen molar-refractivity contribution in [1.82, 2.24) is 20.2 Å². The molecule has 0 unspecified atom stereocenters. The number of halogens is 1. The number of likely N-dealkylation sites (tertiary alicyclic amines) is 1. The molecule has 0 saturated carbocycles. The summed E-state index contributed by atoms with van der Waals surface area (Å²) in [4.78, 5) is 34.2. The number of carbonyl (C=O) groups excluding carboxylic acids is 2. The van der Waals surface area contributed by atoms with Crippen LogP contribution in [0.3, 0.4) is 0 Å². The fourth-order valence-electron chi connectivity index (χ4n) is 2.92. The Balaban J connectivity index is 1.40. The summed E-state index contributed by atoms with van der Waals surface area (Å²) in [6, 6.07) is 9.54. The van der Waals surface area contributed by atoms with Crippen LogP contribution < -0.4 is 5.32 Å². The number of aromatic nitrogens is 2. The molecule has 1 fully saturated rings. The van der Waals surface area contributed by atoms with Crippen LogP contribution in [-0.2, 0) is 22.7 Å². The Morgan fingerprint density at radius 1 is 1.15 bits per heavy atom. The monoisotopic (exact) mass is 388 g/mol. The molecule has 0 radical (unpaired) electrons. The number of carbonyl (C=O) groups is 2. The van der Waals surface area contributed by atoms with Crippen molar-refractivity contribution >= 4 is 23.6 Å². The molecule has 0 atom stereocenters. The van der Waals surface area contributed by atoms with Gasteiger partial charge in [-0.2, -0.15) is 0 Å². The predicted molar refractivity (Wildman–Crippen MR) is 99.8 cm³/mol. The second kappa shape index (κ2) is 9.32. The van der Waals surface area contributed by atoms with Crippen molar-refractivity contribution in [1.29, 1.82) is 0 Å². The van der Waals surface area contributed by atoms with E-state index in [4.69, 9.17) is 16.3 Å². The Labute approximate surface area is 162 Å². The normalized spacial score (nSPS) is 14.6. The molecule has 1 N–H and O–H groups in total. The van der Waals surface area contributed by atoms with Gasteiger partial charge in [-0.05, 0) is 18.4 Å². The third-order valence-corrected chi connectivity index (χ3v) is 4.80. The van der Waals surface area contributed by atoms with Crippen LogP contribution in [0.1, 0.15) is 24.1 Å². The minimum absolute atomic E-state index is 0.0611. The van der Waals surface area contributed by atoms with Gasteiger partial charge < -0.3 is 15.0 Å². The standard InChI is InChI=1S/C19H21ClN4O3/c20-17-16(21-8-9-22-17)12-23-18(25)15-6-10-24(11-7-15)19(26)27-13-14-4-2-1-3-5-14/h1-5,8-9,15H,6-7,10-13H2,(H,23,25). The van der Waals surface area contributed by atoms with Crippen LogP contribution in [0, 0.1) is 5.92 Å². The topological polar surface area (TPSA) is 84.4 Å². The Hall–Kier alpha value is -2.67. The van der Waals surface area contributed by atoms with E-state index in [1.165, 1.54) is 12.4 Å². The van der Waals surface area contributed by atoms with Gasteiger partial charge in [0, 0.05) is 31.4 Å². The fraction of sp³-hybridized carbons (Fsp3) is 0.368. The molecule has 1 saturated heterocycles. The van der Waals surface area contributed by atoms with Crippen LogP contribution in [-0.4, -0.2) is 40.0 Å².